The summed E-state index contributed by atoms with van der Waals surface area (Å²) < 4.78 is 50.7. The normalized spacial score (nSPS) is 14.7. The molecule has 0 spiro atoms. The van der Waals surface area contributed by atoms with Crippen LogP contribution >= 0.6 is 55.2 Å². The zero-order valence-electron chi connectivity index (χ0n) is 19.7. The van der Waals surface area contributed by atoms with Gasteiger partial charge >= 0.3 is 11.9 Å². The predicted octanol–water partition coefficient (Wildman–Crippen LogP) is 8.70. The second-order valence-electron chi connectivity index (χ2n) is 7.99. The molecule has 1 aliphatic rings. The quantitative estimate of drug-likeness (QED) is 0.130. The predicted molar refractivity (Wildman–Crippen MR) is 150 cm³/mol. The Bertz CT molecular complexity index is 1510. The van der Waals surface area contributed by atoms with Crippen molar-refractivity contribution in [1.29, 1.82) is 0 Å². The summed E-state index contributed by atoms with van der Waals surface area (Å²) >= 11 is 13.2. The van der Waals surface area contributed by atoms with Crippen LogP contribution in [0.3, 0.4) is 0 Å². The van der Waals surface area contributed by atoms with Gasteiger partial charge in [-0.1, -0.05) is 11.6 Å². The lowest BCUT2D eigenvalue weighted by Crippen LogP contribution is -2.32. The minimum atomic E-state index is -4.77. The van der Waals surface area contributed by atoms with Crippen molar-refractivity contribution in [2.24, 2.45) is 0 Å². The van der Waals surface area contributed by atoms with Crippen LogP contribution in [0.25, 0.3) is 6.08 Å². The number of carbonyl (C=O) groups excluding carboxylic acids is 2. The van der Waals surface area contributed by atoms with Gasteiger partial charge in [0.05, 0.1) is 30.9 Å². The lowest BCUT2D eigenvalue weighted by molar-refractivity contribution is -0.385. The number of halogens is 6. The lowest BCUT2D eigenvalue weighted by Gasteiger charge is -2.13. The monoisotopic (exact) mass is 720 g/mol. The average molecular weight is 723 g/mol. The van der Waals surface area contributed by atoms with Crippen molar-refractivity contribution in [2.45, 2.75) is 6.18 Å². The van der Waals surface area contributed by atoms with E-state index in [0.717, 1.165) is 22.7 Å². The van der Waals surface area contributed by atoms with Gasteiger partial charge in [0.15, 0.2) is 5.75 Å². The van der Waals surface area contributed by atoms with Crippen LogP contribution in [0.4, 0.5) is 23.7 Å². The molecule has 0 aliphatic carbocycles. The summed E-state index contributed by atoms with van der Waals surface area (Å²) in [4.78, 5) is 36.9. The number of amides is 2. The molecule has 0 radical (unpaired) electrons. The molecule has 208 valence electrons. The van der Waals surface area contributed by atoms with E-state index in [4.69, 9.17) is 21.1 Å². The highest BCUT2D eigenvalue weighted by molar-refractivity contribution is 9.11. The number of nitrogens with zero attached hydrogens (tertiary/aromatic N) is 2. The number of nitro benzene ring substituents is 1. The van der Waals surface area contributed by atoms with Crippen LogP contribution < -0.4 is 9.47 Å². The second kappa shape index (κ2) is 12.2. The molecule has 4 rings (SSSR count). The number of rotatable bonds is 8. The van der Waals surface area contributed by atoms with E-state index in [9.17, 15) is 32.9 Å². The largest absolute Gasteiger partial charge is 0.492 e. The maximum Gasteiger partial charge on any atom is 0.416 e. The van der Waals surface area contributed by atoms with Gasteiger partial charge < -0.3 is 9.47 Å². The summed E-state index contributed by atoms with van der Waals surface area (Å²) in [5.74, 6) is -0.338. The molecule has 1 fully saturated rings. The molecule has 40 heavy (non-hydrogen) atoms. The Balaban J connectivity index is 1.49. The molecular formula is C25H14Br2ClF3N2O6S. The summed E-state index contributed by atoms with van der Waals surface area (Å²) in [7, 11) is 0. The van der Waals surface area contributed by atoms with E-state index in [2.05, 4.69) is 31.9 Å². The molecule has 0 bridgehead atoms. The third kappa shape index (κ3) is 6.97. The Morgan fingerprint density at radius 1 is 1.05 bits per heavy atom. The third-order valence-electron chi connectivity index (χ3n) is 5.28. The molecule has 0 aromatic heterocycles. The number of alkyl halides is 3. The van der Waals surface area contributed by atoms with E-state index in [1.165, 1.54) is 18.2 Å². The van der Waals surface area contributed by atoms with Gasteiger partial charge in [0.1, 0.15) is 12.4 Å². The SMILES string of the molecule is O=C1S/C(=C\c2cc(Br)c(Oc3ccc(C(F)(F)F)cc3[N+](=O)[O-])c(Br)c2)C(=O)N1CCOc1ccc(Cl)cc1. The van der Waals surface area contributed by atoms with Crippen molar-refractivity contribution in [3.8, 4) is 17.2 Å². The topological polar surface area (TPSA) is 99.0 Å². The standard InChI is InChI=1S/C25H14Br2ClF3N2O6S/c26-17-9-13(10-18(27)22(17)39-20-6-1-14(25(29,30)31)12-19(20)33(36)37)11-21-23(34)32(24(35)40-21)7-8-38-16-4-2-15(28)3-5-16/h1-6,9-12H,7-8H2/b21-11-. The van der Waals surface area contributed by atoms with Crippen LogP contribution in [0, 0.1) is 10.1 Å². The Hall–Kier alpha value is -3.07. The van der Waals surface area contributed by atoms with Crippen LogP contribution in [-0.4, -0.2) is 34.1 Å². The van der Waals surface area contributed by atoms with Crippen LogP contribution in [0.15, 0.2) is 68.4 Å². The van der Waals surface area contributed by atoms with Crippen molar-refractivity contribution >= 4 is 78.1 Å². The van der Waals surface area contributed by atoms with E-state index < -0.39 is 39.2 Å². The van der Waals surface area contributed by atoms with Gasteiger partial charge in [-0.25, -0.2) is 0 Å². The second-order valence-corrected chi connectivity index (χ2v) is 11.1. The molecule has 3 aromatic rings. The van der Waals surface area contributed by atoms with Crippen molar-refractivity contribution in [3.63, 3.8) is 0 Å². The first-order chi connectivity index (χ1) is 18.8. The van der Waals surface area contributed by atoms with Gasteiger partial charge in [0, 0.05) is 11.1 Å². The number of ether oxygens (including phenoxy) is 2. The van der Waals surface area contributed by atoms with Crippen molar-refractivity contribution in [3.05, 3.63) is 94.7 Å². The fourth-order valence-corrected chi connectivity index (χ4v) is 5.80. The summed E-state index contributed by atoms with van der Waals surface area (Å²) in [6.45, 7) is 0.100. The van der Waals surface area contributed by atoms with Crippen molar-refractivity contribution in [2.75, 3.05) is 13.2 Å². The van der Waals surface area contributed by atoms with Crippen LogP contribution in [-0.2, 0) is 11.0 Å². The Kier molecular flexibility index (Phi) is 9.12. The Morgan fingerprint density at radius 2 is 1.70 bits per heavy atom. The maximum atomic E-state index is 13.0. The fraction of sp³-hybridized carbons (Fsp3) is 0.120. The molecule has 0 saturated carbocycles. The lowest BCUT2D eigenvalue weighted by atomic mass is 10.1. The zero-order chi connectivity index (χ0) is 29.2. The first-order valence-corrected chi connectivity index (χ1v) is 13.8. The molecule has 3 aromatic carbocycles. The molecule has 8 nitrogen and oxygen atoms in total. The number of hydrogen-bond acceptors (Lipinski definition) is 7. The number of nitro groups is 1. The van der Waals surface area contributed by atoms with Crippen molar-refractivity contribution < 1.29 is 37.2 Å². The maximum absolute atomic E-state index is 13.0. The molecule has 0 atom stereocenters. The van der Waals surface area contributed by atoms with E-state index in [1.807, 2.05) is 0 Å². The average Bonchev–Trinajstić information content (AvgIpc) is 3.14. The number of imide groups is 1. The summed E-state index contributed by atoms with van der Waals surface area (Å²) in [5.41, 5.74) is -1.59. The number of carbonyl (C=O) groups is 2. The summed E-state index contributed by atoms with van der Waals surface area (Å²) in [6, 6.07) is 11.6. The van der Waals surface area contributed by atoms with E-state index in [1.54, 1.807) is 24.3 Å². The van der Waals surface area contributed by atoms with Gasteiger partial charge in [0.2, 0.25) is 5.75 Å². The first kappa shape index (κ1) is 29.9. The Labute approximate surface area is 250 Å². The molecule has 0 N–H and O–H groups in total. The highest BCUT2D eigenvalue weighted by Gasteiger charge is 2.35. The van der Waals surface area contributed by atoms with Gasteiger partial charge in [0.25, 0.3) is 11.1 Å². The molecular weight excluding hydrogens is 709 g/mol. The summed E-state index contributed by atoms with van der Waals surface area (Å²) in [6.07, 6.45) is -3.29. The molecule has 2 amide bonds. The van der Waals surface area contributed by atoms with E-state index in [0.29, 0.717) is 28.5 Å². The molecule has 1 saturated heterocycles. The van der Waals surface area contributed by atoms with Crippen molar-refractivity contribution in [1.82, 2.24) is 4.90 Å². The summed E-state index contributed by atoms with van der Waals surface area (Å²) in [5, 5.41) is 11.5. The third-order valence-corrected chi connectivity index (χ3v) is 7.62. The van der Waals surface area contributed by atoms with Crippen LogP contribution in [0.5, 0.6) is 17.2 Å². The van der Waals surface area contributed by atoms with Crippen LogP contribution in [0.2, 0.25) is 5.02 Å². The van der Waals surface area contributed by atoms with E-state index in [-0.39, 0.29) is 32.8 Å². The molecule has 15 heteroatoms. The minimum absolute atomic E-state index is 0.0245. The number of benzene rings is 3. The highest BCUT2D eigenvalue weighted by atomic mass is 79.9. The van der Waals surface area contributed by atoms with Gasteiger partial charge in [-0.05, 0) is 104 Å². The Morgan fingerprint density at radius 3 is 2.30 bits per heavy atom. The zero-order valence-corrected chi connectivity index (χ0v) is 24.5. The van der Waals surface area contributed by atoms with Gasteiger partial charge in [-0.3, -0.25) is 24.6 Å². The molecule has 0 unspecified atom stereocenters. The molecule has 1 aliphatic heterocycles. The van der Waals surface area contributed by atoms with Gasteiger partial charge in [-0.2, -0.15) is 13.2 Å². The number of hydrogen-bond donors (Lipinski definition) is 0. The highest BCUT2D eigenvalue weighted by Crippen LogP contribution is 2.43. The van der Waals surface area contributed by atoms with Gasteiger partial charge in [-0.15, -0.1) is 0 Å². The van der Waals surface area contributed by atoms with Crippen LogP contribution in [0.1, 0.15) is 11.1 Å². The fourth-order valence-electron chi connectivity index (χ4n) is 3.42. The smallest absolute Gasteiger partial charge is 0.416 e. The first-order valence-electron chi connectivity index (χ1n) is 11.0. The molecule has 1 heterocycles. The van der Waals surface area contributed by atoms with E-state index >= 15 is 0 Å². The minimum Gasteiger partial charge on any atom is -0.492 e. The number of thioether (sulfide) groups is 1.